The van der Waals surface area contributed by atoms with E-state index in [1.54, 1.807) is 7.11 Å². The lowest BCUT2D eigenvalue weighted by Gasteiger charge is -2.07. The summed E-state index contributed by atoms with van der Waals surface area (Å²) in [7, 11) is 1.62. The van der Waals surface area contributed by atoms with E-state index in [9.17, 15) is 4.79 Å². The predicted molar refractivity (Wildman–Crippen MR) is 67.9 cm³/mol. The summed E-state index contributed by atoms with van der Waals surface area (Å²) in [5, 5.41) is 3.02. The number of rotatable bonds is 6. The first-order valence-corrected chi connectivity index (χ1v) is 6.01. The quantitative estimate of drug-likeness (QED) is 0.871. The maximum Gasteiger partial charge on any atom is 0.151 e. The van der Waals surface area contributed by atoms with Crippen molar-refractivity contribution in [3.63, 3.8) is 0 Å². The summed E-state index contributed by atoms with van der Waals surface area (Å²) in [5.41, 5.74) is 0.960. The number of ketones is 1. The number of methoxy groups -OCH3 is 1. The van der Waals surface area contributed by atoms with E-state index in [1.165, 1.54) is 0 Å². The van der Waals surface area contributed by atoms with Crippen molar-refractivity contribution >= 4 is 21.7 Å². The molecule has 1 N–H and O–H groups in total. The highest BCUT2D eigenvalue weighted by atomic mass is 79.9. The van der Waals surface area contributed by atoms with Crippen molar-refractivity contribution in [2.45, 2.75) is 13.3 Å². The molecule has 16 heavy (non-hydrogen) atoms. The number of nitrogens with one attached hydrogen (secondary N) is 1. The number of carbonyl (C=O) groups is 1. The molecule has 0 atom stereocenters. The molecule has 88 valence electrons. The molecule has 4 heteroatoms. The molecule has 0 aliphatic carbocycles. The van der Waals surface area contributed by atoms with E-state index in [-0.39, 0.29) is 5.78 Å². The van der Waals surface area contributed by atoms with Crippen LogP contribution in [0.15, 0.2) is 22.7 Å². The maximum atomic E-state index is 11.6. The molecule has 3 nitrogen and oxygen atoms in total. The van der Waals surface area contributed by atoms with Gasteiger partial charge in [-0.05, 0) is 30.3 Å². The molecule has 0 aromatic heterocycles. The smallest absolute Gasteiger partial charge is 0.151 e. The van der Waals surface area contributed by atoms with Gasteiger partial charge < -0.3 is 10.1 Å². The fraction of sp³-hybridized carbons (Fsp3) is 0.417. The Balaban J connectivity index is 2.68. The number of benzene rings is 1. The minimum absolute atomic E-state index is 0.177. The zero-order chi connectivity index (χ0) is 12.0. The monoisotopic (exact) mass is 285 g/mol. The van der Waals surface area contributed by atoms with Crippen LogP contribution in [0.5, 0.6) is 5.75 Å². The summed E-state index contributed by atoms with van der Waals surface area (Å²) < 4.78 is 6.07. The van der Waals surface area contributed by atoms with Crippen LogP contribution in [0.2, 0.25) is 0 Å². The Bertz CT molecular complexity index is 366. The van der Waals surface area contributed by atoms with Crippen LogP contribution in [-0.4, -0.2) is 26.0 Å². The molecule has 0 unspecified atom stereocenters. The van der Waals surface area contributed by atoms with Crippen molar-refractivity contribution in [1.29, 1.82) is 0 Å². The van der Waals surface area contributed by atoms with Gasteiger partial charge >= 0.3 is 0 Å². The molecule has 0 bridgehead atoms. The molecule has 1 rings (SSSR count). The zero-order valence-corrected chi connectivity index (χ0v) is 11.1. The number of ether oxygens (including phenoxy) is 1. The van der Waals surface area contributed by atoms with Gasteiger partial charge in [-0.25, -0.2) is 0 Å². The first kappa shape index (κ1) is 13.2. The molecule has 0 spiro atoms. The third kappa shape index (κ3) is 3.94. The van der Waals surface area contributed by atoms with Gasteiger partial charge in [0.1, 0.15) is 5.75 Å². The zero-order valence-electron chi connectivity index (χ0n) is 9.55. The van der Waals surface area contributed by atoms with Gasteiger partial charge in [-0.3, -0.25) is 4.79 Å². The molecular weight excluding hydrogens is 270 g/mol. The molecular formula is C12H16BrNO2. The van der Waals surface area contributed by atoms with E-state index in [1.807, 2.05) is 25.1 Å². The number of hydrogen-bond donors (Lipinski definition) is 1. The molecule has 0 heterocycles. The molecule has 0 aliphatic rings. The largest absolute Gasteiger partial charge is 0.497 e. The normalized spacial score (nSPS) is 10.2. The van der Waals surface area contributed by atoms with Gasteiger partial charge in [0.05, 0.1) is 13.7 Å². The van der Waals surface area contributed by atoms with Gasteiger partial charge in [0.15, 0.2) is 5.78 Å². The van der Waals surface area contributed by atoms with Crippen molar-refractivity contribution in [3.05, 3.63) is 28.2 Å². The number of halogens is 1. The fourth-order valence-electron chi connectivity index (χ4n) is 1.35. The third-order valence-corrected chi connectivity index (χ3v) is 2.99. The van der Waals surface area contributed by atoms with Crippen LogP contribution in [0.3, 0.4) is 0 Å². The molecule has 0 saturated heterocycles. The van der Waals surface area contributed by atoms with E-state index >= 15 is 0 Å². The Morgan fingerprint density at radius 2 is 2.25 bits per heavy atom. The van der Waals surface area contributed by atoms with Crippen molar-refractivity contribution < 1.29 is 9.53 Å². The highest BCUT2D eigenvalue weighted by Crippen LogP contribution is 2.22. The first-order chi connectivity index (χ1) is 7.67. The highest BCUT2D eigenvalue weighted by molar-refractivity contribution is 9.10. The number of carbonyl (C=O) groups excluding carboxylic acids is 1. The minimum atomic E-state index is 0.177. The van der Waals surface area contributed by atoms with Gasteiger partial charge in [0, 0.05) is 10.9 Å². The summed E-state index contributed by atoms with van der Waals surface area (Å²) >= 11 is 3.43. The number of Topliss-reactive ketones (excluding diaryl/α,β-unsaturated/α-hetero) is 1. The Morgan fingerprint density at radius 3 is 2.88 bits per heavy atom. The van der Waals surface area contributed by atoms with Crippen molar-refractivity contribution in [2.24, 2.45) is 0 Å². The van der Waals surface area contributed by atoms with Gasteiger partial charge in [0.2, 0.25) is 0 Å². The lowest BCUT2D eigenvalue weighted by molar-refractivity contribution is -0.117. The average molecular weight is 286 g/mol. The molecule has 0 fully saturated rings. The summed E-state index contributed by atoms with van der Waals surface area (Å²) in [6, 6.07) is 5.64. The van der Waals surface area contributed by atoms with E-state index in [2.05, 4.69) is 21.2 Å². The van der Waals surface area contributed by atoms with Crippen LogP contribution in [0, 0.1) is 0 Å². The second-order valence-electron chi connectivity index (χ2n) is 3.45. The molecule has 0 amide bonds. The topological polar surface area (TPSA) is 38.3 Å². The van der Waals surface area contributed by atoms with E-state index in [0.717, 1.165) is 22.3 Å². The SMILES string of the molecule is CCNCC(=O)Cc1cc(OC)ccc1Br. The van der Waals surface area contributed by atoms with Gasteiger partial charge in [0.25, 0.3) is 0 Å². The van der Waals surface area contributed by atoms with Crippen LogP contribution in [0.1, 0.15) is 12.5 Å². The fourth-order valence-corrected chi connectivity index (χ4v) is 1.74. The van der Waals surface area contributed by atoms with Crippen LogP contribution in [0.25, 0.3) is 0 Å². The number of hydrogen-bond acceptors (Lipinski definition) is 3. The molecule has 1 aromatic rings. The van der Waals surface area contributed by atoms with Gasteiger partial charge in [-0.1, -0.05) is 22.9 Å². The van der Waals surface area contributed by atoms with Crippen LogP contribution >= 0.6 is 15.9 Å². The average Bonchev–Trinajstić information content (AvgIpc) is 2.29. The predicted octanol–water partition coefficient (Wildman–Crippen LogP) is 2.18. The molecule has 1 aromatic carbocycles. The summed E-state index contributed by atoms with van der Waals surface area (Å²) in [6.07, 6.45) is 0.421. The summed E-state index contributed by atoms with van der Waals surface area (Å²) in [5.74, 6) is 0.949. The van der Waals surface area contributed by atoms with Gasteiger partial charge in [-0.15, -0.1) is 0 Å². The Morgan fingerprint density at radius 1 is 1.50 bits per heavy atom. The van der Waals surface area contributed by atoms with Crippen molar-refractivity contribution in [3.8, 4) is 5.75 Å². The third-order valence-electron chi connectivity index (χ3n) is 2.21. The first-order valence-electron chi connectivity index (χ1n) is 5.22. The molecule has 0 radical (unpaired) electrons. The van der Waals surface area contributed by atoms with Crippen LogP contribution in [-0.2, 0) is 11.2 Å². The lowest BCUT2D eigenvalue weighted by Crippen LogP contribution is -2.23. The second-order valence-corrected chi connectivity index (χ2v) is 4.31. The molecule has 0 saturated carbocycles. The molecule has 0 aliphatic heterocycles. The minimum Gasteiger partial charge on any atom is -0.497 e. The summed E-state index contributed by atoms with van der Waals surface area (Å²) in [4.78, 5) is 11.6. The van der Waals surface area contributed by atoms with Crippen LogP contribution < -0.4 is 10.1 Å². The lowest BCUT2D eigenvalue weighted by atomic mass is 10.1. The van der Waals surface area contributed by atoms with E-state index in [0.29, 0.717) is 13.0 Å². The maximum absolute atomic E-state index is 11.6. The Labute approximate surface area is 104 Å². The highest BCUT2D eigenvalue weighted by Gasteiger charge is 2.07. The van der Waals surface area contributed by atoms with Crippen molar-refractivity contribution in [1.82, 2.24) is 5.32 Å². The Kier molecular flexibility index (Phi) is 5.49. The van der Waals surface area contributed by atoms with Crippen LogP contribution in [0.4, 0.5) is 0 Å². The van der Waals surface area contributed by atoms with Crippen molar-refractivity contribution in [2.75, 3.05) is 20.2 Å². The van der Waals surface area contributed by atoms with E-state index in [4.69, 9.17) is 4.74 Å². The standard InChI is InChI=1S/C12H16BrNO2/c1-3-14-8-10(15)6-9-7-11(16-2)4-5-12(9)13/h4-5,7,14H,3,6,8H2,1-2H3. The second kappa shape index (κ2) is 6.66. The van der Waals surface area contributed by atoms with Gasteiger partial charge in [-0.2, -0.15) is 0 Å². The number of likely N-dealkylation sites (N-methyl/N-ethyl adjacent to an activating group) is 1. The summed E-state index contributed by atoms with van der Waals surface area (Å²) in [6.45, 7) is 3.21. The Hall–Kier alpha value is -0.870. The van der Waals surface area contributed by atoms with E-state index < -0.39 is 0 Å².